The lowest BCUT2D eigenvalue weighted by Gasteiger charge is -2.48. The van der Waals surface area contributed by atoms with Gasteiger partial charge < -0.3 is 14.5 Å². The first-order valence-corrected chi connectivity index (χ1v) is 8.28. The minimum absolute atomic E-state index is 0.159. The van der Waals surface area contributed by atoms with Gasteiger partial charge in [-0.25, -0.2) is 0 Å². The Labute approximate surface area is 126 Å². The Kier molecular flexibility index (Phi) is 4.20. The Morgan fingerprint density at radius 1 is 1.19 bits per heavy atom. The molecule has 0 bridgehead atoms. The fourth-order valence-corrected chi connectivity index (χ4v) is 3.94. The van der Waals surface area contributed by atoms with E-state index in [0.717, 1.165) is 45.4 Å². The van der Waals surface area contributed by atoms with Crippen LogP contribution in [0.3, 0.4) is 0 Å². The Bertz CT molecular complexity index is 418. The summed E-state index contributed by atoms with van der Waals surface area (Å²) in [6.45, 7) is 7.01. The van der Waals surface area contributed by atoms with Crippen LogP contribution < -0.4 is 0 Å². The highest BCUT2D eigenvalue weighted by atomic mass is 16.5. The predicted molar refractivity (Wildman–Crippen MR) is 78.6 cm³/mol. The van der Waals surface area contributed by atoms with Gasteiger partial charge in [0.15, 0.2) is 0 Å². The van der Waals surface area contributed by atoms with Crippen LogP contribution in [0.2, 0.25) is 0 Å². The van der Waals surface area contributed by atoms with Gasteiger partial charge in [-0.05, 0) is 31.6 Å². The van der Waals surface area contributed by atoms with E-state index in [1.165, 1.54) is 0 Å². The summed E-state index contributed by atoms with van der Waals surface area (Å²) in [6.07, 6.45) is 3.90. The second kappa shape index (κ2) is 5.95. The second-order valence-corrected chi connectivity index (χ2v) is 6.95. The summed E-state index contributed by atoms with van der Waals surface area (Å²) in [5, 5.41) is 0. The average molecular weight is 294 g/mol. The molecule has 0 spiro atoms. The zero-order chi connectivity index (χ0) is 15.0. The molecule has 5 heteroatoms. The molecule has 0 aromatic heterocycles. The van der Waals surface area contributed by atoms with E-state index >= 15 is 0 Å². The minimum atomic E-state index is -0.285. The van der Waals surface area contributed by atoms with Crippen molar-refractivity contribution in [1.29, 1.82) is 0 Å². The standard InChI is InChI=1S/C16H26N2O3/c1-11(2)14-16(20)17-7-4-3-5-13(17)15(19)18(14)9-12-6-8-21-10-12/h11-14H,3-10H2,1-2H3. The van der Waals surface area contributed by atoms with Crippen molar-refractivity contribution >= 4 is 11.8 Å². The molecular formula is C16H26N2O3. The molecule has 21 heavy (non-hydrogen) atoms. The van der Waals surface area contributed by atoms with E-state index in [1.807, 2.05) is 23.6 Å². The van der Waals surface area contributed by atoms with E-state index in [-0.39, 0.29) is 29.8 Å². The van der Waals surface area contributed by atoms with Crippen LogP contribution in [0.1, 0.15) is 39.5 Å². The molecule has 3 saturated heterocycles. The van der Waals surface area contributed by atoms with Crippen LogP contribution in [-0.2, 0) is 14.3 Å². The summed E-state index contributed by atoms with van der Waals surface area (Å²) >= 11 is 0. The van der Waals surface area contributed by atoms with Crippen molar-refractivity contribution in [3.8, 4) is 0 Å². The number of hydrogen-bond acceptors (Lipinski definition) is 3. The van der Waals surface area contributed by atoms with Crippen LogP contribution in [0.25, 0.3) is 0 Å². The Morgan fingerprint density at radius 3 is 2.67 bits per heavy atom. The SMILES string of the molecule is CC(C)C1C(=O)N2CCCCC2C(=O)N1CC1CCOC1. The Balaban J connectivity index is 1.83. The molecule has 3 aliphatic heterocycles. The molecule has 0 aromatic carbocycles. The van der Waals surface area contributed by atoms with E-state index in [1.54, 1.807) is 0 Å². The van der Waals surface area contributed by atoms with E-state index in [2.05, 4.69) is 0 Å². The van der Waals surface area contributed by atoms with Gasteiger partial charge in [-0.15, -0.1) is 0 Å². The number of piperazine rings is 1. The van der Waals surface area contributed by atoms with Gasteiger partial charge in [-0.3, -0.25) is 9.59 Å². The first kappa shape index (κ1) is 14.8. The van der Waals surface area contributed by atoms with Gasteiger partial charge in [0.25, 0.3) is 0 Å². The Hall–Kier alpha value is -1.10. The molecule has 3 fully saturated rings. The van der Waals surface area contributed by atoms with Gasteiger partial charge in [0, 0.05) is 25.6 Å². The summed E-state index contributed by atoms with van der Waals surface area (Å²) in [5.74, 6) is 0.873. The molecule has 3 heterocycles. The van der Waals surface area contributed by atoms with Crippen LogP contribution in [0.5, 0.6) is 0 Å². The van der Waals surface area contributed by atoms with Gasteiger partial charge in [0.2, 0.25) is 11.8 Å². The molecule has 3 aliphatic rings. The number of hydrogen-bond donors (Lipinski definition) is 0. The third kappa shape index (κ3) is 2.68. The highest BCUT2D eigenvalue weighted by Crippen LogP contribution is 2.30. The first-order chi connectivity index (χ1) is 10.1. The first-order valence-electron chi connectivity index (χ1n) is 8.28. The molecule has 5 nitrogen and oxygen atoms in total. The normalized spacial score (nSPS) is 33.8. The van der Waals surface area contributed by atoms with Crippen LogP contribution >= 0.6 is 0 Å². The number of amides is 2. The lowest BCUT2D eigenvalue weighted by Crippen LogP contribution is -2.67. The summed E-state index contributed by atoms with van der Waals surface area (Å²) in [6, 6.07) is -0.490. The number of fused-ring (bicyclic) bond motifs is 1. The maximum atomic E-state index is 12.9. The molecule has 0 aliphatic carbocycles. The molecule has 2 amide bonds. The number of piperidine rings is 1. The van der Waals surface area contributed by atoms with E-state index < -0.39 is 0 Å². The minimum Gasteiger partial charge on any atom is -0.381 e. The highest BCUT2D eigenvalue weighted by Gasteiger charge is 2.48. The van der Waals surface area contributed by atoms with Crippen LogP contribution in [0, 0.1) is 11.8 Å². The summed E-state index contributed by atoms with van der Waals surface area (Å²) in [5.41, 5.74) is 0. The largest absolute Gasteiger partial charge is 0.381 e. The number of carbonyl (C=O) groups excluding carboxylic acids is 2. The van der Waals surface area contributed by atoms with Gasteiger partial charge in [0.1, 0.15) is 12.1 Å². The molecule has 0 N–H and O–H groups in total. The van der Waals surface area contributed by atoms with Gasteiger partial charge in [0.05, 0.1) is 6.61 Å². The summed E-state index contributed by atoms with van der Waals surface area (Å²) in [7, 11) is 0. The topological polar surface area (TPSA) is 49.9 Å². The molecule has 0 radical (unpaired) electrons. The van der Waals surface area contributed by atoms with Crippen LogP contribution in [-0.4, -0.2) is 60.0 Å². The third-order valence-electron chi connectivity index (χ3n) is 5.05. The smallest absolute Gasteiger partial charge is 0.246 e. The lowest BCUT2D eigenvalue weighted by molar-refractivity contribution is -0.166. The fraction of sp³-hybridized carbons (Fsp3) is 0.875. The van der Waals surface area contributed by atoms with E-state index in [4.69, 9.17) is 4.74 Å². The third-order valence-corrected chi connectivity index (χ3v) is 5.05. The number of ether oxygens (including phenoxy) is 1. The van der Waals surface area contributed by atoms with Crippen LogP contribution in [0.15, 0.2) is 0 Å². The van der Waals surface area contributed by atoms with E-state index in [9.17, 15) is 9.59 Å². The summed E-state index contributed by atoms with van der Waals surface area (Å²) in [4.78, 5) is 29.5. The number of carbonyl (C=O) groups is 2. The van der Waals surface area contributed by atoms with Crippen molar-refractivity contribution in [1.82, 2.24) is 9.80 Å². The monoisotopic (exact) mass is 294 g/mol. The number of rotatable bonds is 3. The van der Waals surface area contributed by atoms with Crippen molar-refractivity contribution in [2.24, 2.45) is 11.8 Å². The van der Waals surface area contributed by atoms with Gasteiger partial charge in [-0.2, -0.15) is 0 Å². The number of nitrogens with zero attached hydrogens (tertiary/aromatic N) is 2. The molecule has 3 atom stereocenters. The quantitative estimate of drug-likeness (QED) is 0.787. The van der Waals surface area contributed by atoms with Crippen molar-refractivity contribution in [2.75, 3.05) is 26.3 Å². The second-order valence-electron chi connectivity index (χ2n) is 6.95. The predicted octanol–water partition coefficient (Wildman–Crippen LogP) is 1.27. The molecule has 0 aromatic rings. The van der Waals surface area contributed by atoms with Crippen molar-refractivity contribution in [3.05, 3.63) is 0 Å². The van der Waals surface area contributed by atoms with Crippen LogP contribution in [0.4, 0.5) is 0 Å². The van der Waals surface area contributed by atoms with Crippen molar-refractivity contribution in [2.45, 2.75) is 51.6 Å². The zero-order valence-corrected chi connectivity index (χ0v) is 13.1. The van der Waals surface area contributed by atoms with Gasteiger partial charge in [-0.1, -0.05) is 13.8 Å². The highest BCUT2D eigenvalue weighted by molar-refractivity contribution is 5.97. The molecule has 3 unspecified atom stereocenters. The molecular weight excluding hydrogens is 268 g/mol. The van der Waals surface area contributed by atoms with Crippen molar-refractivity contribution < 1.29 is 14.3 Å². The average Bonchev–Trinajstić information content (AvgIpc) is 2.97. The maximum absolute atomic E-state index is 12.9. The molecule has 118 valence electrons. The van der Waals surface area contributed by atoms with Gasteiger partial charge >= 0.3 is 0 Å². The fourth-order valence-electron chi connectivity index (χ4n) is 3.94. The molecule has 0 saturated carbocycles. The maximum Gasteiger partial charge on any atom is 0.246 e. The Morgan fingerprint density at radius 2 is 2.00 bits per heavy atom. The summed E-state index contributed by atoms with van der Waals surface area (Å²) < 4.78 is 5.43. The zero-order valence-electron chi connectivity index (χ0n) is 13.1. The van der Waals surface area contributed by atoms with E-state index in [0.29, 0.717) is 12.5 Å². The van der Waals surface area contributed by atoms with Crippen molar-refractivity contribution in [3.63, 3.8) is 0 Å². The molecule has 3 rings (SSSR count). The lowest BCUT2D eigenvalue weighted by atomic mass is 9.90.